The first-order chi connectivity index (χ1) is 13.0. The molecule has 0 fully saturated rings. The highest BCUT2D eigenvalue weighted by molar-refractivity contribution is 7.21. The number of benzene rings is 1. The lowest BCUT2D eigenvalue weighted by Crippen LogP contribution is -2.25. The third-order valence-corrected chi connectivity index (χ3v) is 5.37. The number of carbonyl (C=O) groups excluding carboxylic acids is 2. The summed E-state index contributed by atoms with van der Waals surface area (Å²) in [7, 11) is 0. The number of hydrogen-bond donors (Lipinski definition) is 2. The van der Waals surface area contributed by atoms with E-state index in [0.717, 1.165) is 34.3 Å². The van der Waals surface area contributed by atoms with Crippen molar-refractivity contribution >= 4 is 39.1 Å². The molecule has 0 aliphatic heterocycles. The molecule has 1 aromatic carbocycles. The normalized spacial score (nSPS) is 10.8. The quantitative estimate of drug-likeness (QED) is 0.608. The van der Waals surface area contributed by atoms with Gasteiger partial charge in [-0.15, -0.1) is 11.3 Å². The van der Waals surface area contributed by atoms with Gasteiger partial charge in [-0.25, -0.2) is 4.98 Å². The van der Waals surface area contributed by atoms with Gasteiger partial charge in [0.2, 0.25) is 0 Å². The second-order valence-electron chi connectivity index (χ2n) is 6.50. The van der Waals surface area contributed by atoms with Crippen LogP contribution in [0.5, 0.6) is 0 Å². The van der Waals surface area contributed by atoms with Gasteiger partial charge in [0.05, 0.1) is 5.69 Å². The number of rotatable bonds is 6. The van der Waals surface area contributed by atoms with E-state index in [-0.39, 0.29) is 11.8 Å². The van der Waals surface area contributed by atoms with Gasteiger partial charge in [-0.1, -0.05) is 31.5 Å². The molecule has 6 heteroatoms. The summed E-state index contributed by atoms with van der Waals surface area (Å²) in [5.41, 5.74) is 2.97. The SMILES string of the molecule is CCCCNC(=O)c1sc2nc(C)cc(C)c2c1NC(=O)c1ccccc1. The Labute approximate surface area is 162 Å². The molecule has 27 heavy (non-hydrogen) atoms. The summed E-state index contributed by atoms with van der Waals surface area (Å²) in [4.78, 5) is 31.3. The van der Waals surface area contributed by atoms with Gasteiger partial charge in [0, 0.05) is 23.2 Å². The summed E-state index contributed by atoms with van der Waals surface area (Å²) in [6.45, 7) is 6.59. The number of unbranched alkanes of at least 4 members (excludes halogenated alkanes) is 1. The van der Waals surface area contributed by atoms with Crippen LogP contribution >= 0.6 is 11.3 Å². The molecule has 0 saturated heterocycles. The summed E-state index contributed by atoms with van der Waals surface area (Å²) >= 11 is 1.32. The van der Waals surface area contributed by atoms with Crippen LogP contribution in [0.15, 0.2) is 36.4 Å². The van der Waals surface area contributed by atoms with E-state index in [1.165, 1.54) is 11.3 Å². The Bertz CT molecular complexity index is 980. The van der Waals surface area contributed by atoms with Gasteiger partial charge in [0.15, 0.2) is 0 Å². The fourth-order valence-electron chi connectivity index (χ4n) is 2.96. The Hall–Kier alpha value is -2.73. The maximum Gasteiger partial charge on any atom is 0.263 e. The first-order valence-electron chi connectivity index (χ1n) is 9.06. The predicted molar refractivity (Wildman–Crippen MR) is 111 cm³/mol. The molecule has 2 amide bonds. The molecule has 140 valence electrons. The average molecular weight is 382 g/mol. The lowest BCUT2D eigenvalue weighted by molar-refractivity contribution is 0.0958. The van der Waals surface area contributed by atoms with Gasteiger partial charge in [0.1, 0.15) is 9.71 Å². The van der Waals surface area contributed by atoms with Gasteiger partial charge in [-0.3, -0.25) is 9.59 Å². The summed E-state index contributed by atoms with van der Waals surface area (Å²) in [6.07, 6.45) is 1.92. The number of anilines is 1. The molecular formula is C21H23N3O2S. The standard InChI is InChI=1S/C21H23N3O2S/c1-4-5-11-22-20(26)18-17(24-19(25)15-9-7-6-8-10-15)16-13(2)12-14(3)23-21(16)27-18/h6-10,12H,4-5,11H2,1-3H3,(H,22,26)(H,24,25). The molecule has 0 aliphatic rings. The number of aromatic nitrogens is 1. The van der Waals surface area contributed by atoms with E-state index in [1.807, 2.05) is 38.1 Å². The fourth-order valence-corrected chi connectivity index (χ4v) is 4.12. The third kappa shape index (κ3) is 4.17. The van der Waals surface area contributed by atoms with Crippen LogP contribution in [0, 0.1) is 13.8 Å². The molecule has 0 unspecified atom stereocenters. The molecule has 2 N–H and O–H groups in total. The van der Waals surface area contributed by atoms with Gasteiger partial charge in [-0.05, 0) is 44.0 Å². The highest BCUT2D eigenvalue weighted by Gasteiger charge is 2.22. The highest BCUT2D eigenvalue weighted by atomic mass is 32.1. The Morgan fingerprint density at radius 2 is 1.85 bits per heavy atom. The van der Waals surface area contributed by atoms with Crippen LogP contribution in [-0.4, -0.2) is 23.3 Å². The maximum atomic E-state index is 12.7. The van der Waals surface area contributed by atoms with Crippen LogP contribution in [0.2, 0.25) is 0 Å². The second-order valence-corrected chi connectivity index (χ2v) is 7.50. The van der Waals surface area contributed by atoms with E-state index in [1.54, 1.807) is 12.1 Å². The molecule has 0 bridgehead atoms. The van der Waals surface area contributed by atoms with Gasteiger partial charge < -0.3 is 10.6 Å². The van der Waals surface area contributed by atoms with E-state index in [9.17, 15) is 9.59 Å². The molecule has 2 heterocycles. The minimum atomic E-state index is -0.238. The van der Waals surface area contributed by atoms with E-state index in [4.69, 9.17) is 0 Å². The van der Waals surface area contributed by atoms with Crippen molar-refractivity contribution in [3.8, 4) is 0 Å². The van der Waals surface area contributed by atoms with Crippen LogP contribution in [0.3, 0.4) is 0 Å². The Morgan fingerprint density at radius 1 is 1.11 bits per heavy atom. The second kappa shape index (κ2) is 8.31. The van der Waals surface area contributed by atoms with Crippen molar-refractivity contribution in [3.05, 3.63) is 58.1 Å². The lowest BCUT2D eigenvalue weighted by atomic mass is 10.1. The Morgan fingerprint density at radius 3 is 2.56 bits per heavy atom. The van der Waals surface area contributed by atoms with Crippen molar-refractivity contribution < 1.29 is 9.59 Å². The molecule has 2 aromatic heterocycles. The zero-order valence-electron chi connectivity index (χ0n) is 15.8. The molecule has 5 nitrogen and oxygen atoms in total. The number of nitrogens with zero attached hydrogens (tertiary/aromatic N) is 1. The van der Waals surface area contributed by atoms with E-state index in [2.05, 4.69) is 22.5 Å². The monoisotopic (exact) mass is 381 g/mol. The van der Waals surface area contributed by atoms with E-state index in [0.29, 0.717) is 22.7 Å². The molecule has 0 saturated carbocycles. The van der Waals surface area contributed by atoms with Gasteiger partial charge in [-0.2, -0.15) is 0 Å². The highest BCUT2D eigenvalue weighted by Crippen LogP contribution is 2.37. The molecule has 0 spiro atoms. The van der Waals surface area contributed by atoms with Gasteiger partial charge >= 0.3 is 0 Å². The zero-order chi connectivity index (χ0) is 19.4. The number of thiophene rings is 1. The van der Waals surface area contributed by atoms with Gasteiger partial charge in [0.25, 0.3) is 11.8 Å². The zero-order valence-corrected chi connectivity index (χ0v) is 16.6. The molecular weight excluding hydrogens is 358 g/mol. The number of fused-ring (bicyclic) bond motifs is 1. The largest absolute Gasteiger partial charge is 0.351 e. The molecule has 3 aromatic rings. The van der Waals surface area contributed by atoms with Crippen LogP contribution in [-0.2, 0) is 0 Å². The Balaban J connectivity index is 2.03. The molecule has 3 rings (SSSR count). The number of pyridine rings is 1. The maximum absolute atomic E-state index is 12.7. The fraction of sp³-hybridized carbons (Fsp3) is 0.286. The van der Waals surface area contributed by atoms with Crippen LogP contribution in [0.1, 0.15) is 51.1 Å². The summed E-state index contributed by atoms with van der Waals surface area (Å²) in [6, 6.07) is 11.0. The smallest absolute Gasteiger partial charge is 0.263 e. The minimum Gasteiger partial charge on any atom is -0.351 e. The molecule has 0 atom stereocenters. The molecule has 0 aliphatic carbocycles. The summed E-state index contributed by atoms with van der Waals surface area (Å²) in [5, 5.41) is 6.72. The third-order valence-electron chi connectivity index (χ3n) is 4.28. The summed E-state index contributed by atoms with van der Waals surface area (Å²) < 4.78 is 0. The van der Waals surface area contributed by atoms with Crippen LogP contribution in [0.25, 0.3) is 10.2 Å². The van der Waals surface area contributed by atoms with Crippen LogP contribution in [0.4, 0.5) is 5.69 Å². The number of amides is 2. The van der Waals surface area contributed by atoms with Crippen molar-refractivity contribution in [3.63, 3.8) is 0 Å². The van der Waals surface area contributed by atoms with Crippen molar-refractivity contribution in [1.82, 2.24) is 10.3 Å². The predicted octanol–water partition coefficient (Wildman–Crippen LogP) is 4.70. The molecule has 0 radical (unpaired) electrons. The van der Waals surface area contributed by atoms with Crippen LogP contribution < -0.4 is 10.6 Å². The number of carbonyl (C=O) groups is 2. The first kappa shape index (κ1) is 19.0. The van der Waals surface area contributed by atoms with Crippen molar-refractivity contribution in [1.29, 1.82) is 0 Å². The topological polar surface area (TPSA) is 71.1 Å². The number of nitrogens with one attached hydrogen (secondary N) is 2. The minimum absolute atomic E-state index is 0.174. The van der Waals surface area contributed by atoms with E-state index < -0.39 is 0 Å². The first-order valence-corrected chi connectivity index (χ1v) is 9.88. The number of aryl methyl sites for hydroxylation is 2. The summed E-state index contributed by atoms with van der Waals surface area (Å²) in [5.74, 6) is -0.412. The van der Waals surface area contributed by atoms with Crippen molar-refractivity contribution in [2.75, 3.05) is 11.9 Å². The lowest BCUT2D eigenvalue weighted by Gasteiger charge is -2.09. The number of hydrogen-bond acceptors (Lipinski definition) is 4. The Kier molecular flexibility index (Phi) is 5.86. The van der Waals surface area contributed by atoms with Crippen molar-refractivity contribution in [2.24, 2.45) is 0 Å². The average Bonchev–Trinajstić information content (AvgIpc) is 3.01. The van der Waals surface area contributed by atoms with E-state index >= 15 is 0 Å². The van der Waals surface area contributed by atoms with Crippen molar-refractivity contribution in [2.45, 2.75) is 33.6 Å².